The predicted octanol–water partition coefficient (Wildman–Crippen LogP) is 4.16. The Morgan fingerprint density at radius 1 is 1.40 bits per heavy atom. The van der Waals surface area contributed by atoms with Crippen molar-refractivity contribution in [2.75, 3.05) is 5.32 Å². The van der Waals surface area contributed by atoms with Crippen molar-refractivity contribution in [3.63, 3.8) is 0 Å². The van der Waals surface area contributed by atoms with E-state index in [2.05, 4.69) is 26.2 Å². The highest BCUT2D eigenvalue weighted by Crippen LogP contribution is 2.22. The molecule has 0 atom stereocenters. The maximum atomic E-state index is 13.5. The van der Waals surface area contributed by atoms with Crippen molar-refractivity contribution in [2.45, 2.75) is 6.54 Å². The van der Waals surface area contributed by atoms with Gasteiger partial charge in [0.25, 0.3) is 5.69 Å². The van der Waals surface area contributed by atoms with Crippen LogP contribution in [0.4, 0.5) is 15.9 Å². The Balaban J connectivity index is 2.18. The number of hydrogen-bond donors (Lipinski definition) is 1. The van der Waals surface area contributed by atoms with Gasteiger partial charge in [0, 0.05) is 16.6 Å². The van der Waals surface area contributed by atoms with Gasteiger partial charge in [-0.3, -0.25) is 10.1 Å². The number of nitrogens with one attached hydrogen (secondary N) is 1. The second kappa shape index (κ2) is 6.15. The van der Waals surface area contributed by atoms with Crippen molar-refractivity contribution < 1.29 is 9.31 Å². The normalized spacial score (nSPS) is 10.3. The molecule has 0 amide bonds. The van der Waals surface area contributed by atoms with Gasteiger partial charge in [-0.2, -0.15) is 0 Å². The number of pyridine rings is 1. The molecule has 1 N–H and O–H groups in total. The van der Waals surface area contributed by atoms with Gasteiger partial charge in [0.15, 0.2) is 0 Å². The summed E-state index contributed by atoms with van der Waals surface area (Å²) in [5, 5.41) is 13.5. The van der Waals surface area contributed by atoms with Gasteiger partial charge in [-0.1, -0.05) is 27.5 Å². The van der Waals surface area contributed by atoms with Crippen molar-refractivity contribution in [2.24, 2.45) is 0 Å². The number of hydrogen-bond acceptors (Lipinski definition) is 4. The van der Waals surface area contributed by atoms with Crippen LogP contribution in [0.3, 0.4) is 0 Å². The lowest BCUT2D eigenvalue weighted by Crippen LogP contribution is -2.04. The first-order chi connectivity index (χ1) is 9.45. The van der Waals surface area contributed by atoms with Gasteiger partial charge >= 0.3 is 0 Å². The Hall–Kier alpha value is -1.73. The Bertz CT molecular complexity index is 669. The van der Waals surface area contributed by atoms with Crippen molar-refractivity contribution in [3.8, 4) is 0 Å². The highest BCUT2D eigenvalue weighted by atomic mass is 79.9. The molecule has 0 saturated heterocycles. The standard InChI is InChI=1S/C12H8BrClFN3O2/c13-8-1-2-10(15)7(3-8)6-16-12-5-9(18(19)20)4-11(14)17-12/h1-5H,6H2,(H,16,17). The van der Waals surface area contributed by atoms with E-state index >= 15 is 0 Å². The average Bonchev–Trinajstić information content (AvgIpc) is 2.39. The van der Waals surface area contributed by atoms with Gasteiger partial charge in [0.1, 0.15) is 16.8 Å². The van der Waals surface area contributed by atoms with Crippen molar-refractivity contribution in [1.29, 1.82) is 0 Å². The van der Waals surface area contributed by atoms with E-state index in [-0.39, 0.29) is 29.0 Å². The molecule has 0 spiro atoms. The fourth-order valence-corrected chi connectivity index (χ4v) is 2.16. The Labute approximate surface area is 127 Å². The molecule has 8 heteroatoms. The number of rotatable bonds is 4. The molecule has 104 valence electrons. The molecule has 0 saturated carbocycles. The van der Waals surface area contributed by atoms with E-state index in [0.717, 1.165) is 10.5 Å². The molecule has 0 bridgehead atoms. The SMILES string of the molecule is O=[N+]([O-])c1cc(Cl)nc(NCc2cc(Br)ccc2F)c1. The summed E-state index contributed by atoms with van der Waals surface area (Å²) < 4.78 is 14.3. The van der Waals surface area contributed by atoms with Crippen LogP contribution in [-0.2, 0) is 6.54 Å². The first-order valence-electron chi connectivity index (χ1n) is 5.45. The van der Waals surface area contributed by atoms with Gasteiger partial charge < -0.3 is 5.32 Å². The van der Waals surface area contributed by atoms with Crippen LogP contribution < -0.4 is 5.32 Å². The molecule has 0 aliphatic heterocycles. The molecular weight excluding hydrogens is 353 g/mol. The third kappa shape index (κ3) is 3.64. The molecule has 1 aromatic heterocycles. The van der Waals surface area contributed by atoms with E-state index in [1.165, 1.54) is 12.1 Å². The fourth-order valence-electron chi connectivity index (χ4n) is 1.54. The smallest absolute Gasteiger partial charge is 0.276 e. The largest absolute Gasteiger partial charge is 0.366 e. The maximum Gasteiger partial charge on any atom is 0.276 e. The lowest BCUT2D eigenvalue weighted by Gasteiger charge is -2.07. The molecule has 0 unspecified atom stereocenters. The summed E-state index contributed by atoms with van der Waals surface area (Å²) in [6, 6.07) is 6.91. The number of anilines is 1. The van der Waals surface area contributed by atoms with Gasteiger partial charge in [-0.05, 0) is 18.2 Å². The minimum absolute atomic E-state index is 0.00332. The van der Waals surface area contributed by atoms with E-state index in [1.54, 1.807) is 12.1 Å². The minimum Gasteiger partial charge on any atom is -0.366 e. The number of nitrogens with zero attached hydrogens (tertiary/aromatic N) is 2. The van der Waals surface area contributed by atoms with Gasteiger partial charge in [0.2, 0.25) is 0 Å². The average molecular weight is 361 g/mol. The molecule has 1 aromatic carbocycles. The first-order valence-corrected chi connectivity index (χ1v) is 6.62. The molecule has 5 nitrogen and oxygen atoms in total. The zero-order valence-corrected chi connectivity index (χ0v) is 12.3. The maximum absolute atomic E-state index is 13.5. The van der Waals surface area contributed by atoms with E-state index < -0.39 is 4.92 Å². The third-order valence-corrected chi connectivity index (χ3v) is 3.14. The van der Waals surface area contributed by atoms with E-state index in [1.807, 2.05) is 0 Å². The third-order valence-electron chi connectivity index (χ3n) is 2.46. The van der Waals surface area contributed by atoms with Gasteiger partial charge in [-0.25, -0.2) is 9.37 Å². The van der Waals surface area contributed by atoms with E-state index in [9.17, 15) is 14.5 Å². The van der Waals surface area contributed by atoms with Crippen LogP contribution in [0.25, 0.3) is 0 Å². The minimum atomic E-state index is -0.571. The molecule has 1 heterocycles. The Kier molecular flexibility index (Phi) is 4.51. The number of halogens is 3. The predicted molar refractivity (Wildman–Crippen MR) is 77.3 cm³/mol. The second-order valence-electron chi connectivity index (χ2n) is 3.88. The molecular formula is C12H8BrClFN3O2. The summed E-state index contributed by atoms with van der Waals surface area (Å²) in [5.41, 5.74) is 0.228. The quantitative estimate of drug-likeness (QED) is 0.505. The van der Waals surface area contributed by atoms with Crippen LogP contribution >= 0.6 is 27.5 Å². The lowest BCUT2D eigenvalue weighted by molar-refractivity contribution is -0.384. The van der Waals surface area contributed by atoms with Crippen LogP contribution in [0, 0.1) is 15.9 Å². The summed E-state index contributed by atoms with van der Waals surface area (Å²) in [6.07, 6.45) is 0. The molecule has 0 radical (unpaired) electrons. The lowest BCUT2D eigenvalue weighted by atomic mass is 10.2. The highest BCUT2D eigenvalue weighted by Gasteiger charge is 2.11. The zero-order valence-electron chi connectivity index (χ0n) is 9.94. The van der Waals surface area contributed by atoms with Crippen molar-refractivity contribution >= 4 is 39.0 Å². The van der Waals surface area contributed by atoms with Crippen LogP contribution in [-0.4, -0.2) is 9.91 Å². The van der Waals surface area contributed by atoms with Gasteiger partial charge in [0.05, 0.1) is 17.1 Å². The molecule has 0 aliphatic rings. The Morgan fingerprint density at radius 2 is 2.15 bits per heavy atom. The monoisotopic (exact) mass is 359 g/mol. The number of benzene rings is 1. The topological polar surface area (TPSA) is 68.1 Å². The molecule has 20 heavy (non-hydrogen) atoms. The van der Waals surface area contributed by atoms with Gasteiger partial charge in [-0.15, -0.1) is 0 Å². The Morgan fingerprint density at radius 3 is 2.85 bits per heavy atom. The molecule has 0 aliphatic carbocycles. The molecule has 0 fully saturated rings. The van der Waals surface area contributed by atoms with Crippen molar-refractivity contribution in [1.82, 2.24) is 4.98 Å². The molecule has 2 aromatic rings. The van der Waals surface area contributed by atoms with Crippen LogP contribution in [0.1, 0.15) is 5.56 Å². The van der Waals surface area contributed by atoms with Crippen LogP contribution in [0.15, 0.2) is 34.8 Å². The summed E-state index contributed by atoms with van der Waals surface area (Å²) in [4.78, 5) is 14.0. The van der Waals surface area contributed by atoms with E-state index in [0.29, 0.717) is 5.56 Å². The summed E-state index contributed by atoms with van der Waals surface area (Å²) in [5.74, 6) is -0.166. The van der Waals surface area contributed by atoms with E-state index in [4.69, 9.17) is 11.6 Å². The number of nitro groups is 1. The van der Waals surface area contributed by atoms with Crippen molar-refractivity contribution in [3.05, 3.63) is 61.5 Å². The van der Waals surface area contributed by atoms with Crippen LogP contribution in [0.5, 0.6) is 0 Å². The summed E-state index contributed by atoms with van der Waals surface area (Å²) in [7, 11) is 0. The highest BCUT2D eigenvalue weighted by molar-refractivity contribution is 9.10. The number of aromatic nitrogens is 1. The summed E-state index contributed by atoms with van der Waals surface area (Å²) >= 11 is 8.94. The fraction of sp³-hybridized carbons (Fsp3) is 0.0833. The zero-order chi connectivity index (χ0) is 14.7. The second-order valence-corrected chi connectivity index (χ2v) is 5.18. The first kappa shape index (κ1) is 14.7. The van der Waals surface area contributed by atoms with Crippen LogP contribution in [0.2, 0.25) is 5.15 Å². The summed E-state index contributed by atoms with van der Waals surface area (Å²) in [6.45, 7) is 0.135. The molecule has 2 rings (SSSR count).